The first-order chi connectivity index (χ1) is 14.5. The summed E-state index contributed by atoms with van der Waals surface area (Å²) in [7, 11) is 0. The van der Waals surface area contributed by atoms with Crippen molar-refractivity contribution in [2.45, 2.75) is 0 Å². The van der Waals surface area contributed by atoms with E-state index in [1.54, 1.807) is 12.1 Å². The number of nitro benzene ring substituents is 1. The van der Waals surface area contributed by atoms with Crippen molar-refractivity contribution in [3.05, 3.63) is 89.0 Å². The van der Waals surface area contributed by atoms with Gasteiger partial charge in [-0.2, -0.15) is 0 Å². The lowest BCUT2D eigenvalue weighted by Crippen LogP contribution is -2.23. The van der Waals surface area contributed by atoms with Gasteiger partial charge in [-0.15, -0.1) is 0 Å². The van der Waals surface area contributed by atoms with Gasteiger partial charge in [0.25, 0.3) is 11.6 Å². The number of nitrogens with one attached hydrogen (secondary N) is 1. The van der Waals surface area contributed by atoms with Crippen LogP contribution in [-0.2, 0) is 14.3 Å². The Kier molecular flexibility index (Phi) is 6.73. The zero-order chi connectivity index (χ0) is 21.3. The van der Waals surface area contributed by atoms with E-state index in [4.69, 9.17) is 9.47 Å². The smallest absolute Gasteiger partial charge is 0.344 e. The summed E-state index contributed by atoms with van der Waals surface area (Å²) in [6.07, 6.45) is 0. The number of rotatable bonds is 8. The third-order valence-electron chi connectivity index (χ3n) is 4.02. The van der Waals surface area contributed by atoms with Crippen LogP contribution in [0.4, 0.5) is 11.4 Å². The molecule has 0 unspecified atom stereocenters. The number of nitro groups is 1. The Hall–Kier alpha value is -4.20. The van der Waals surface area contributed by atoms with Crippen LogP contribution in [0.15, 0.2) is 78.9 Å². The molecule has 1 amide bonds. The maximum Gasteiger partial charge on any atom is 0.344 e. The van der Waals surface area contributed by atoms with E-state index in [1.807, 2.05) is 42.5 Å². The highest BCUT2D eigenvalue weighted by Crippen LogP contribution is 2.29. The number of esters is 1. The molecule has 0 aliphatic rings. The molecule has 0 saturated carbocycles. The fourth-order valence-corrected chi connectivity index (χ4v) is 2.67. The van der Waals surface area contributed by atoms with E-state index in [9.17, 15) is 19.7 Å². The fourth-order valence-electron chi connectivity index (χ4n) is 2.67. The molecule has 0 bridgehead atoms. The standard InChI is InChI=1S/C22H18N2O6/c25-21(23-17-9-6-10-18(13-17)24(27)28)14-30-22(26)15-29-20-12-5-4-11-19(20)16-7-2-1-3-8-16/h1-13H,14-15H2,(H,23,25). The van der Waals surface area contributed by atoms with E-state index < -0.39 is 23.4 Å². The Morgan fingerprint density at radius 3 is 2.40 bits per heavy atom. The molecule has 152 valence electrons. The predicted molar refractivity (Wildman–Crippen MR) is 110 cm³/mol. The van der Waals surface area contributed by atoms with Gasteiger partial charge in [0.1, 0.15) is 5.75 Å². The second kappa shape index (κ2) is 9.83. The molecule has 3 rings (SSSR count). The number of carbonyl (C=O) groups is 2. The molecular formula is C22H18N2O6. The average molecular weight is 406 g/mol. The zero-order valence-corrected chi connectivity index (χ0v) is 15.8. The number of nitrogens with zero attached hydrogens (tertiary/aromatic N) is 1. The Labute approximate surface area is 172 Å². The lowest BCUT2D eigenvalue weighted by atomic mass is 10.1. The molecule has 0 atom stereocenters. The molecule has 3 aromatic rings. The van der Waals surface area contributed by atoms with Crippen molar-refractivity contribution in [1.82, 2.24) is 0 Å². The van der Waals surface area contributed by atoms with Crippen molar-refractivity contribution in [2.24, 2.45) is 0 Å². The van der Waals surface area contributed by atoms with Gasteiger partial charge in [-0.25, -0.2) is 4.79 Å². The van der Waals surface area contributed by atoms with Crippen LogP contribution in [0.1, 0.15) is 0 Å². The van der Waals surface area contributed by atoms with Crippen molar-refractivity contribution < 1.29 is 24.0 Å². The SMILES string of the molecule is O=C(COC(=O)COc1ccccc1-c1ccccc1)Nc1cccc([N+](=O)[O-])c1. The summed E-state index contributed by atoms with van der Waals surface area (Å²) in [5.41, 5.74) is 1.85. The van der Waals surface area contributed by atoms with Crippen LogP contribution >= 0.6 is 0 Å². The van der Waals surface area contributed by atoms with E-state index in [0.29, 0.717) is 5.75 Å². The highest BCUT2D eigenvalue weighted by molar-refractivity contribution is 5.93. The molecule has 3 aromatic carbocycles. The zero-order valence-electron chi connectivity index (χ0n) is 15.8. The summed E-state index contributed by atoms with van der Waals surface area (Å²) in [5, 5.41) is 13.2. The van der Waals surface area contributed by atoms with Crippen LogP contribution in [0.25, 0.3) is 11.1 Å². The van der Waals surface area contributed by atoms with Gasteiger partial charge in [0, 0.05) is 23.4 Å². The molecule has 30 heavy (non-hydrogen) atoms. The first-order valence-corrected chi connectivity index (χ1v) is 9.00. The molecule has 0 radical (unpaired) electrons. The molecule has 1 N–H and O–H groups in total. The molecule has 0 heterocycles. The lowest BCUT2D eigenvalue weighted by molar-refractivity contribution is -0.384. The van der Waals surface area contributed by atoms with Gasteiger partial charge in [0.05, 0.1) is 4.92 Å². The van der Waals surface area contributed by atoms with Gasteiger partial charge in [-0.05, 0) is 17.7 Å². The van der Waals surface area contributed by atoms with Gasteiger partial charge in [0.2, 0.25) is 0 Å². The summed E-state index contributed by atoms with van der Waals surface area (Å²) < 4.78 is 10.5. The number of benzene rings is 3. The third kappa shape index (κ3) is 5.65. The van der Waals surface area contributed by atoms with E-state index >= 15 is 0 Å². The molecular weight excluding hydrogens is 388 g/mol. The molecule has 8 heteroatoms. The lowest BCUT2D eigenvalue weighted by Gasteiger charge is -2.11. The van der Waals surface area contributed by atoms with Gasteiger partial charge in [-0.3, -0.25) is 14.9 Å². The van der Waals surface area contributed by atoms with Crippen molar-refractivity contribution in [3.63, 3.8) is 0 Å². The second-order valence-corrected chi connectivity index (χ2v) is 6.17. The van der Waals surface area contributed by atoms with E-state index in [-0.39, 0.29) is 18.0 Å². The van der Waals surface area contributed by atoms with E-state index in [0.717, 1.165) is 11.1 Å². The van der Waals surface area contributed by atoms with Crippen LogP contribution in [0.3, 0.4) is 0 Å². The van der Waals surface area contributed by atoms with Crippen LogP contribution in [-0.4, -0.2) is 30.0 Å². The Morgan fingerprint density at radius 1 is 0.900 bits per heavy atom. The van der Waals surface area contributed by atoms with E-state index in [1.165, 1.54) is 24.3 Å². The molecule has 0 spiro atoms. The third-order valence-corrected chi connectivity index (χ3v) is 4.02. The minimum Gasteiger partial charge on any atom is -0.481 e. The van der Waals surface area contributed by atoms with Gasteiger partial charge in [0.15, 0.2) is 13.2 Å². The normalized spacial score (nSPS) is 10.1. The monoisotopic (exact) mass is 406 g/mol. The number of amides is 1. The number of para-hydroxylation sites is 1. The molecule has 0 aromatic heterocycles. The number of hydrogen-bond acceptors (Lipinski definition) is 6. The van der Waals surface area contributed by atoms with Crippen LogP contribution in [0.5, 0.6) is 5.75 Å². The highest BCUT2D eigenvalue weighted by Gasteiger charge is 2.12. The number of hydrogen-bond donors (Lipinski definition) is 1. The average Bonchev–Trinajstić information content (AvgIpc) is 2.77. The summed E-state index contributed by atoms with van der Waals surface area (Å²) in [6.45, 7) is -0.904. The number of ether oxygens (including phenoxy) is 2. The number of non-ortho nitro benzene ring substituents is 1. The van der Waals surface area contributed by atoms with Crippen molar-refractivity contribution in [1.29, 1.82) is 0 Å². The maximum absolute atomic E-state index is 11.9. The minimum atomic E-state index is -0.716. The Morgan fingerprint density at radius 2 is 1.63 bits per heavy atom. The van der Waals surface area contributed by atoms with Gasteiger partial charge < -0.3 is 14.8 Å². The topological polar surface area (TPSA) is 108 Å². The fraction of sp³-hybridized carbons (Fsp3) is 0.0909. The molecule has 0 fully saturated rings. The molecule has 0 aliphatic heterocycles. The Bertz CT molecular complexity index is 1050. The number of anilines is 1. The Balaban J connectivity index is 1.51. The van der Waals surface area contributed by atoms with E-state index in [2.05, 4.69) is 5.32 Å². The quantitative estimate of drug-likeness (QED) is 0.346. The summed E-state index contributed by atoms with van der Waals surface area (Å²) in [6, 6.07) is 22.3. The van der Waals surface area contributed by atoms with Crippen LogP contribution in [0.2, 0.25) is 0 Å². The first-order valence-electron chi connectivity index (χ1n) is 9.00. The van der Waals surface area contributed by atoms with Gasteiger partial charge >= 0.3 is 5.97 Å². The van der Waals surface area contributed by atoms with Crippen molar-refractivity contribution in [2.75, 3.05) is 18.5 Å². The summed E-state index contributed by atoms with van der Waals surface area (Å²) in [5.74, 6) is -0.817. The first kappa shape index (κ1) is 20.5. The largest absolute Gasteiger partial charge is 0.481 e. The van der Waals surface area contributed by atoms with Gasteiger partial charge in [-0.1, -0.05) is 54.6 Å². The molecule has 0 saturated heterocycles. The summed E-state index contributed by atoms with van der Waals surface area (Å²) >= 11 is 0. The number of carbonyl (C=O) groups excluding carboxylic acids is 2. The second-order valence-electron chi connectivity index (χ2n) is 6.17. The predicted octanol–water partition coefficient (Wildman–Crippen LogP) is 3.82. The van der Waals surface area contributed by atoms with Crippen molar-refractivity contribution in [3.8, 4) is 16.9 Å². The maximum atomic E-state index is 11.9. The summed E-state index contributed by atoms with van der Waals surface area (Å²) in [4.78, 5) is 34.1. The van der Waals surface area contributed by atoms with Crippen molar-refractivity contribution >= 4 is 23.3 Å². The van der Waals surface area contributed by atoms with Crippen LogP contribution < -0.4 is 10.1 Å². The highest BCUT2D eigenvalue weighted by atomic mass is 16.6. The van der Waals surface area contributed by atoms with Crippen LogP contribution in [0, 0.1) is 10.1 Å². The minimum absolute atomic E-state index is 0.157. The molecule has 8 nitrogen and oxygen atoms in total. The molecule has 0 aliphatic carbocycles.